The number of fused-ring (bicyclic) bond motifs is 3. The summed E-state index contributed by atoms with van der Waals surface area (Å²) in [4.78, 5) is 13.3. The summed E-state index contributed by atoms with van der Waals surface area (Å²) < 4.78 is 0. The molecule has 3 heteroatoms. The Morgan fingerprint density at radius 2 is 2.18 bits per heavy atom. The summed E-state index contributed by atoms with van der Waals surface area (Å²) in [6.07, 6.45) is 5.32. The largest absolute Gasteiger partial charge is 0.507 e. The number of piperidine rings is 1. The summed E-state index contributed by atoms with van der Waals surface area (Å²) in [6.45, 7) is 2.17. The van der Waals surface area contributed by atoms with Crippen molar-refractivity contribution >= 4 is 6.29 Å². The highest BCUT2D eigenvalue weighted by molar-refractivity contribution is 5.80. The Morgan fingerprint density at radius 1 is 1.29 bits per heavy atom. The third-order valence-electron chi connectivity index (χ3n) is 4.10. The maximum Gasteiger partial charge on any atom is 0.153 e. The van der Waals surface area contributed by atoms with E-state index in [1.807, 2.05) is 6.07 Å². The van der Waals surface area contributed by atoms with E-state index in [9.17, 15) is 9.90 Å². The number of carbonyl (C=O) groups excluding carboxylic acids is 1. The molecule has 3 rings (SSSR count). The van der Waals surface area contributed by atoms with Crippen LogP contribution < -0.4 is 0 Å². The van der Waals surface area contributed by atoms with Crippen molar-refractivity contribution in [3.05, 3.63) is 28.8 Å². The number of hydrogen-bond acceptors (Lipinski definition) is 3. The summed E-state index contributed by atoms with van der Waals surface area (Å²) >= 11 is 0. The molecule has 1 saturated heterocycles. The van der Waals surface area contributed by atoms with Crippen LogP contribution in [-0.4, -0.2) is 29.4 Å². The zero-order valence-corrected chi connectivity index (χ0v) is 9.85. The molecule has 3 nitrogen and oxygen atoms in total. The van der Waals surface area contributed by atoms with Crippen LogP contribution in [-0.2, 0) is 6.42 Å². The molecular weight excluding hydrogens is 214 g/mol. The van der Waals surface area contributed by atoms with Gasteiger partial charge in [0, 0.05) is 18.2 Å². The van der Waals surface area contributed by atoms with E-state index >= 15 is 0 Å². The van der Waals surface area contributed by atoms with Gasteiger partial charge in [-0.2, -0.15) is 0 Å². The third kappa shape index (κ3) is 1.65. The van der Waals surface area contributed by atoms with Crippen LogP contribution in [0.25, 0.3) is 0 Å². The van der Waals surface area contributed by atoms with Crippen LogP contribution >= 0.6 is 0 Å². The molecule has 0 aliphatic carbocycles. The first kappa shape index (κ1) is 10.8. The maximum atomic E-state index is 10.8. The van der Waals surface area contributed by atoms with Crippen molar-refractivity contribution in [1.82, 2.24) is 4.90 Å². The number of phenolic OH excluding ortho intramolecular Hbond substituents is 1. The fraction of sp³-hybridized carbons (Fsp3) is 0.500. The zero-order chi connectivity index (χ0) is 11.8. The molecule has 1 aromatic rings. The Balaban J connectivity index is 2.06. The van der Waals surface area contributed by atoms with Crippen LogP contribution in [0.15, 0.2) is 12.1 Å². The highest BCUT2D eigenvalue weighted by Crippen LogP contribution is 2.40. The lowest BCUT2D eigenvalue weighted by molar-refractivity contribution is 0.111. The Bertz CT molecular complexity index is 456. The second-order valence-corrected chi connectivity index (χ2v) is 4.99. The van der Waals surface area contributed by atoms with Crippen LogP contribution in [0.4, 0.5) is 0 Å². The van der Waals surface area contributed by atoms with Crippen LogP contribution in [0, 0.1) is 0 Å². The monoisotopic (exact) mass is 231 g/mol. The second-order valence-electron chi connectivity index (χ2n) is 4.99. The van der Waals surface area contributed by atoms with Crippen LogP contribution in [0.5, 0.6) is 5.75 Å². The van der Waals surface area contributed by atoms with E-state index in [4.69, 9.17) is 0 Å². The highest BCUT2D eigenvalue weighted by Gasteiger charge is 2.31. The number of nitrogens with zero attached hydrogens (tertiary/aromatic N) is 1. The molecule has 1 unspecified atom stereocenters. The third-order valence-corrected chi connectivity index (χ3v) is 4.10. The number of hydrogen-bond donors (Lipinski definition) is 1. The molecule has 0 radical (unpaired) electrons. The fourth-order valence-corrected chi connectivity index (χ4v) is 3.21. The molecule has 0 spiro atoms. The second kappa shape index (κ2) is 4.15. The first-order valence-electron chi connectivity index (χ1n) is 6.35. The van der Waals surface area contributed by atoms with Crippen molar-refractivity contribution in [2.75, 3.05) is 13.1 Å². The molecule has 1 atom stereocenters. The van der Waals surface area contributed by atoms with E-state index < -0.39 is 0 Å². The van der Waals surface area contributed by atoms with Gasteiger partial charge in [-0.3, -0.25) is 9.69 Å². The first-order valence-corrected chi connectivity index (χ1v) is 6.35. The Hall–Kier alpha value is -1.35. The van der Waals surface area contributed by atoms with Gasteiger partial charge in [-0.1, -0.05) is 12.5 Å². The molecule has 0 amide bonds. The molecule has 0 aromatic heterocycles. The van der Waals surface area contributed by atoms with Gasteiger partial charge in [0.15, 0.2) is 6.29 Å². The van der Waals surface area contributed by atoms with Gasteiger partial charge in [0.05, 0.1) is 5.56 Å². The van der Waals surface area contributed by atoms with E-state index in [1.165, 1.54) is 31.4 Å². The zero-order valence-electron chi connectivity index (χ0n) is 9.85. The van der Waals surface area contributed by atoms with Crippen LogP contribution in [0.3, 0.4) is 0 Å². The summed E-state index contributed by atoms with van der Waals surface area (Å²) in [5.41, 5.74) is 2.66. The molecule has 2 heterocycles. The van der Waals surface area contributed by atoms with E-state index in [-0.39, 0.29) is 5.75 Å². The van der Waals surface area contributed by atoms with Crippen LogP contribution in [0.2, 0.25) is 0 Å². The summed E-state index contributed by atoms with van der Waals surface area (Å²) in [6, 6.07) is 4.24. The van der Waals surface area contributed by atoms with Crippen molar-refractivity contribution in [2.24, 2.45) is 0 Å². The average molecular weight is 231 g/mol. The molecule has 0 bridgehead atoms. The molecular formula is C14H17NO2. The van der Waals surface area contributed by atoms with Gasteiger partial charge >= 0.3 is 0 Å². The lowest BCUT2D eigenvalue weighted by Gasteiger charge is -2.40. The van der Waals surface area contributed by atoms with Gasteiger partial charge in [0.25, 0.3) is 0 Å². The maximum absolute atomic E-state index is 10.8. The highest BCUT2D eigenvalue weighted by atomic mass is 16.3. The van der Waals surface area contributed by atoms with Gasteiger partial charge < -0.3 is 5.11 Å². The summed E-state index contributed by atoms with van der Waals surface area (Å²) in [5.74, 6) is 0.211. The minimum absolute atomic E-state index is 0.211. The Morgan fingerprint density at radius 3 is 3.00 bits per heavy atom. The number of aromatic hydroxyl groups is 1. The number of rotatable bonds is 1. The number of benzene rings is 1. The normalized spacial score (nSPS) is 23.9. The summed E-state index contributed by atoms with van der Waals surface area (Å²) in [5, 5.41) is 10.1. The SMILES string of the molecule is O=Cc1ccc2c(c1O)CCN1CCCCC21. The molecule has 2 aliphatic rings. The molecule has 1 fully saturated rings. The average Bonchev–Trinajstić information content (AvgIpc) is 2.39. The molecule has 90 valence electrons. The quantitative estimate of drug-likeness (QED) is 0.754. The van der Waals surface area contributed by atoms with Gasteiger partial charge in [-0.05, 0) is 37.4 Å². The van der Waals surface area contributed by atoms with E-state index in [0.717, 1.165) is 24.8 Å². The van der Waals surface area contributed by atoms with Gasteiger partial charge in [0.1, 0.15) is 5.75 Å². The minimum atomic E-state index is 0.211. The standard InChI is InChI=1S/C14H17NO2/c16-9-10-4-5-11-12(14(10)17)6-8-15-7-2-1-3-13(11)15/h4-5,9,13,17H,1-3,6-8H2. The molecule has 0 saturated carbocycles. The topological polar surface area (TPSA) is 40.5 Å². The van der Waals surface area contributed by atoms with Crippen molar-refractivity contribution in [1.29, 1.82) is 0 Å². The van der Waals surface area contributed by atoms with Crippen LogP contribution in [0.1, 0.15) is 46.8 Å². The minimum Gasteiger partial charge on any atom is -0.507 e. The number of phenols is 1. The first-order chi connectivity index (χ1) is 8.31. The van der Waals surface area contributed by atoms with Gasteiger partial charge in [-0.15, -0.1) is 0 Å². The fourth-order valence-electron chi connectivity index (χ4n) is 3.21. The smallest absolute Gasteiger partial charge is 0.153 e. The lowest BCUT2D eigenvalue weighted by atomic mass is 9.85. The van der Waals surface area contributed by atoms with Gasteiger partial charge in [-0.25, -0.2) is 0 Å². The molecule has 17 heavy (non-hydrogen) atoms. The number of carbonyl (C=O) groups is 1. The van der Waals surface area contributed by atoms with Crippen molar-refractivity contribution in [3.63, 3.8) is 0 Å². The summed E-state index contributed by atoms with van der Waals surface area (Å²) in [7, 11) is 0. The Labute approximate surface area is 101 Å². The van der Waals surface area contributed by atoms with Crippen molar-refractivity contribution in [2.45, 2.75) is 31.7 Å². The Kier molecular flexibility index (Phi) is 2.63. The lowest BCUT2D eigenvalue weighted by Crippen LogP contribution is -2.38. The predicted molar refractivity (Wildman–Crippen MR) is 65.4 cm³/mol. The molecule has 1 aromatic carbocycles. The molecule has 2 aliphatic heterocycles. The van der Waals surface area contributed by atoms with E-state index in [0.29, 0.717) is 11.6 Å². The number of aldehydes is 1. The van der Waals surface area contributed by atoms with Gasteiger partial charge in [0.2, 0.25) is 0 Å². The van der Waals surface area contributed by atoms with Crippen molar-refractivity contribution in [3.8, 4) is 5.75 Å². The molecule has 1 N–H and O–H groups in total. The van der Waals surface area contributed by atoms with E-state index in [2.05, 4.69) is 4.90 Å². The van der Waals surface area contributed by atoms with Crippen molar-refractivity contribution < 1.29 is 9.90 Å². The predicted octanol–water partition coefficient (Wildman–Crippen LogP) is 2.29. The van der Waals surface area contributed by atoms with E-state index in [1.54, 1.807) is 6.07 Å².